The first-order chi connectivity index (χ1) is 9.88. The number of rotatable bonds is 12. The van der Waals surface area contributed by atoms with Crippen LogP contribution < -0.4 is 9.47 Å². The SMILES string of the molecule is OCCOCCOc1c[c]ccc1OCCOCCO. The molecule has 0 amide bonds. The molecule has 0 heterocycles. The molecule has 1 radical (unpaired) electrons. The molecule has 0 saturated heterocycles. The Kier molecular flexibility index (Phi) is 9.60. The number of hydrogen-bond acceptors (Lipinski definition) is 6. The predicted molar refractivity (Wildman–Crippen MR) is 72.1 cm³/mol. The van der Waals surface area contributed by atoms with Crippen LogP contribution in [0.2, 0.25) is 0 Å². The van der Waals surface area contributed by atoms with E-state index in [1.54, 1.807) is 18.2 Å². The van der Waals surface area contributed by atoms with Crippen molar-refractivity contribution in [1.82, 2.24) is 0 Å². The third-order valence-corrected chi connectivity index (χ3v) is 2.23. The average Bonchev–Trinajstić information content (AvgIpc) is 2.48. The Bertz CT molecular complexity index is 311. The maximum absolute atomic E-state index is 8.57. The summed E-state index contributed by atoms with van der Waals surface area (Å²) in [5.41, 5.74) is 0. The van der Waals surface area contributed by atoms with Crippen LogP contribution in [0.15, 0.2) is 18.2 Å². The minimum absolute atomic E-state index is 0.00131. The molecular formula is C14H21O6. The van der Waals surface area contributed by atoms with Crippen LogP contribution in [-0.4, -0.2) is 63.1 Å². The number of ether oxygens (including phenoxy) is 4. The minimum Gasteiger partial charge on any atom is -0.487 e. The molecule has 0 unspecified atom stereocenters. The molecule has 1 aromatic carbocycles. The number of aliphatic hydroxyl groups is 2. The lowest BCUT2D eigenvalue weighted by atomic mass is 10.3. The maximum atomic E-state index is 8.57. The predicted octanol–water partition coefficient (Wildman–Crippen LogP) is 0.262. The Morgan fingerprint density at radius 2 is 1.40 bits per heavy atom. The molecule has 113 valence electrons. The fraction of sp³-hybridized carbons (Fsp3) is 0.571. The highest BCUT2D eigenvalue weighted by Crippen LogP contribution is 2.25. The third kappa shape index (κ3) is 7.30. The van der Waals surface area contributed by atoms with Crippen LogP contribution in [0.1, 0.15) is 0 Å². The van der Waals surface area contributed by atoms with Gasteiger partial charge in [0, 0.05) is 0 Å². The molecule has 0 fully saturated rings. The number of aliphatic hydroxyl groups excluding tert-OH is 2. The van der Waals surface area contributed by atoms with Gasteiger partial charge in [0.05, 0.1) is 39.6 Å². The van der Waals surface area contributed by atoms with E-state index < -0.39 is 0 Å². The fourth-order valence-electron chi connectivity index (χ4n) is 1.39. The topological polar surface area (TPSA) is 77.4 Å². The Hall–Kier alpha value is -1.34. The number of hydrogen-bond donors (Lipinski definition) is 2. The zero-order valence-electron chi connectivity index (χ0n) is 11.4. The molecule has 0 atom stereocenters. The van der Waals surface area contributed by atoms with Crippen LogP contribution in [0.3, 0.4) is 0 Å². The molecule has 0 saturated carbocycles. The second-order valence-corrected chi connectivity index (χ2v) is 3.74. The third-order valence-electron chi connectivity index (χ3n) is 2.23. The zero-order valence-corrected chi connectivity index (χ0v) is 11.4. The van der Waals surface area contributed by atoms with Gasteiger partial charge in [0.1, 0.15) is 13.2 Å². The summed E-state index contributed by atoms with van der Waals surface area (Å²) in [6.45, 7) is 2.15. The lowest BCUT2D eigenvalue weighted by molar-refractivity contribution is 0.0645. The Balaban J connectivity index is 2.27. The van der Waals surface area contributed by atoms with Gasteiger partial charge in [-0.15, -0.1) is 0 Å². The van der Waals surface area contributed by atoms with Gasteiger partial charge in [-0.3, -0.25) is 0 Å². The molecule has 2 N–H and O–H groups in total. The summed E-state index contributed by atoms with van der Waals surface area (Å²) in [5.74, 6) is 1.20. The maximum Gasteiger partial charge on any atom is 0.161 e. The van der Waals surface area contributed by atoms with Gasteiger partial charge in [-0.05, 0) is 18.2 Å². The Morgan fingerprint density at radius 3 is 2.00 bits per heavy atom. The fourth-order valence-corrected chi connectivity index (χ4v) is 1.39. The smallest absolute Gasteiger partial charge is 0.161 e. The van der Waals surface area contributed by atoms with E-state index in [2.05, 4.69) is 6.07 Å². The van der Waals surface area contributed by atoms with Gasteiger partial charge in [-0.2, -0.15) is 0 Å². The van der Waals surface area contributed by atoms with Crippen molar-refractivity contribution in [3.05, 3.63) is 24.3 Å². The monoisotopic (exact) mass is 285 g/mol. The summed E-state index contributed by atoms with van der Waals surface area (Å²) in [4.78, 5) is 0. The highest BCUT2D eigenvalue weighted by Gasteiger charge is 2.04. The summed E-state index contributed by atoms with van der Waals surface area (Å²) in [7, 11) is 0. The van der Waals surface area contributed by atoms with E-state index in [9.17, 15) is 0 Å². The molecule has 6 nitrogen and oxygen atoms in total. The second kappa shape index (κ2) is 11.5. The first-order valence-corrected chi connectivity index (χ1v) is 6.51. The lowest BCUT2D eigenvalue weighted by Gasteiger charge is -2.12. The molecular weight excluding hydrogens is 264 g/mol. The van der Waals surface area contributed by atoms with Crippen molar-refractivity contribution >= 4 is 0 Å². The standard InChI is InChI=1S/C14H21O6/c15-5-7-17-9-11-19-13-3-1-2-4-14(13)20-12-10-18-8-6-16/h1,3-4,15-16H,5-12H2. The molecule has 1 aromatic rings. The molecule has 6 heteroatoms. The van der Waals surface area contributed by atoms with Crippen molar-refractivity contribution in [3.63, 3.8) is 0 Å². The highest BCUT2D eigenvalue weighted by atomic mass is 16.6. The van der Waals surface area contributed by atoms with Crippen LogP contribution in [-0.2, 0) is 9.47 Å². The van der Waals surface area contributed by atoms with Crippen molar-refractivity contribution in [2.24, 2.45) is 0 Å². The molecule has 1 rings (SSSR count). The summed E-state index contributed by atoms with van der Waals surface area (Å²) >= 11 is 0. The van der Waals surface area contributed by atoms with Gasteiger partial charge in [0.2, 0.25) is 0 Å². The molecule has 0 aliphatic carbocycles. The molecule has 0 aromatic heterocycles. The zero-order chi connectivity index (χ0) is 14.5. The van der Waals surface area contributed by atoms with Crippen molar-refractivity contribution < 1.29 is 29.2 Å². The second-order valence-electron chi connectivity index (χ2n) is 3.74. The largest absolute Gasteiger partial charge is 0.487 e. The first kappa shape index (κ1) is 16.7. The van der Waals surface area contributed by atoms with E-state index in [0.29, 0.717) is 51.1 Å². The van der Waals surface area contributed by atoms with Gasteiger partial charge >= 0.3 is 0 Å². The van der Waals surface area contributed by atoms with E-state index in [0.717, 1.165) is 0 Å². The van der Waals surface area contributed by atoms with E-state index in [1.807, 2.05) is 0 Å². The molecule has 0 aliphatic heterocycles. The Labute approximate surface area is 118 Å². The van der Waals surface area contributed by atoms with E-state index >= 15 is 0 Å². The van der Waals surface area contributed by atoms with Crippen molar-refractivity contribution in [2.75, 3.05) is 52.9 Å². The summed E-state index contributed by atoms with van der Waals surface area (Å²) < 4.78 is 21.3. The average molecular weight is 285 g/mol. The molecule has 0 aliphatic rings. The number of benzene rings is 1. The normalized spacial score (nSPS) is 10.5. The van der Waals surface area contributed by atoms with Crippen molar-refractivity contribution in [1.29, 1.82) is 0 Å². The minimum atomic E-state index is 0.00131. The van der Waals surface area contributed by atoms with Crippen LogP contribution in [0, 0.1) is 6.07 Å². The van der Waals surface area contributed by atoms with Gasteiger partial charge in [-0.1, -0.05) is 6.07 Å². The summed E-state index contributed by atoms with van der Waals surface area (Å²) in [5, 5.41) is 17.1. The molecule has 20 heavy (non-hydrogen) atoms. The van der Waals surface area contributed by atoms with Crippen LogP contribution in [0.4, 0.5) is 0 Å². The van der Waals surface area contributed by atoms with Crippen molar-refractivity contribution in [3.8, 4) is 11.5 Å². The first-order valence-electron chi connectivity index (χ1n) is 6.51. The van der Waals surface area contributed by atoms with Crippen LogP contribution in [0.25, 0.3) is 0 Å². The quantitative estimate of drug-likeness (QED) is 0.537. The van der Waals surface area contributed by atoms with Gasteiger partial charge in [-0.25, -0.2) is 0 Å². The van der Waals surface area contributed by atoms with E-state index in [4.69, 9.17) is 29.2 Å². The van der Waals surface area contributed by atoms with Gasteiger partial charge in [0.25, 0.3) is 0 Å². The summed E-state index contributed by atoms with van der Waals surface area (Å²) in [6, 6.07) is 8.10. The van der Waals surface area contributed by atoms with Crippen molar-refractivity contribution in [2.45, 2.75) is 0 Å². The lowest BCUT2D eigenvalue weighted by Crippen LogP contribution is -2.11. The molecule has 0 bridgehead atoms. The van der Waals surface area contributed by atoms with Gasteiger partial charge in [0.15, 0.2) is 11.5 Å². The Morgan fingerprint density at radius 1 is 0.800 bits per heavy atom. The highest BCUT2D eigenvalue weighted by molar-refractivity contribution is 5.38. The summed E-state index contributed by atoms with van der Waals surface area (Å²) in [6.07, 6.45) is 0. The molecule has 0 spiro atoms. The van der Waals surface area contributed by atoms with Gasteiger partial charge < -0.3 is 29.2 Å². The van der Waals surface area contributed by atoms with Crippen LogP contribution in [0.5, 0.6) is 11.5 Å². The van der Waals surface area contributed by atoms with E-state index in [1.165, 1.54) is 0 Å². The van der Waals surface area contributed by atoms with E-state index in [-0.39, 0.29) is 13.2 Å². The van der Waals surface area contributed by atoms with Crippen LogP contribution >= 0.6 is 0 Å².